The van der Waals surface area contributed by atoms with Crippen LogP contribution in [0.15, 0.2) is 29.3 Å². The molecule has 0 bridgehead atoms. The Labute approximate surface area is 149 Å². The third-order valence-electron chi connectivity index (χ3n) is 4.13. The molecule has 7 heteroatoms. The normalized spacial score (nSPS) is 21.2. The molecule has 0 unspecified atom stereocenters. The van der Waals surface area contributed by atoms with E-state index in [1.54, 1.807) is 12.1 Å². The van der Waals surface area contributed by atoms with Crippen LogP contribution in [0.1, 0.15) is 31.5 Å². The summed E-state index contributed by atoms with van der Waals surface area (Å²) in [4.78, 5) is 10.2. The first-order valence-electron chi connectivity index (χ1n) is 8.14. The van der Waals surface area contributed by atoms with E-state index in [0.717, 1.165) is 10.4 Å². The lowest BCUT2D eigenvalue weighted by Crippen LogP contribution is -2.22. The summed E-state index contributed by atoms with van der Waals surface area (Å²) in [7, 11) is 0. The second-order valence-electron chi connectivity index (χ2n) is 6.86. The average molecular weight is 362 g/mol. The number of aliphatic imine (C=N–C) groups is 1. The summed E-state index contributed by atoms with van der Waals surface area (Å²) >= 11 is 1.46. The van der Waals surface area contributed by atoms with Gasteiger partial charge in [0, 0.05) is 0 Å². The van der Waals surface area contributed by atoms with Crippen LogP contribution in [0.3, 0.4) is 0 Å². The van der Waals surface area contributed by atoms with Crippen molar-refractivity contribution < 1.29 is 18.6 Å². The Hall–Kier alpha value is -1.83. The Morgan fingerprint density at radius 2 is 1.76 bits per heavy atom. The van der Waals surface area contributed by atoms with Crippen molar-refractivity contribution in [2.24, 2.45) is 4.99 Å². The molecule has 0 N–H and O–H groups in total. The Morgan fingerprint density at radius 1 is 1.08 bits per heavy atom. The van der Waals surface area contributed by atoms with Crippen molar-refractivity contribution in [1.82, 2.24) is 4.98 Å². The second-order valence-corrected chi connectivity index (χ2v) is 7.86. The first kappa shape index (κ1) is 16.6. The van der Waals surface area contributed by atoms with Crippen molar-refractivity contribution in [3.8, 4) is 10.4 Å². The fourth-order valence-corrected chi connectivity index (χ4v) is 3.92. The summed E-state index contributed by atoms with van der Waals surface area (Å²) in [6, 6.07) is 6.33. The molecule has 0 atom stereocenters. The summed E-state index contributed by atoms with van der Waals surface area (Å²) in [6.45, 7) is 7.44. The molecular weight excluding hydrogens is 343 g/mol. The van der Waals surface area contributed by atoms with E-state index in [2.05, 4.69) is 4.99 Å². The van der Waals surface area contributed by atoms with E-state index >= 15 is 0 Å². The zero-order chi connectivity index (χ0) is 17.7. The van der Waals surface area contributed by atoms with Crippen LogP contribution in [0.2, 0.25) is 0 Å². The summed E-state index contributed by atoms with van der Waals surface area (Å²) in [6.07, 6.45) is 0. The van der Waals surface area contributed by atoms with Gasteiger partial charge < -0.3 is 14.2 Å². The van der Waals surface area contributed by atoms with Crippen LogP contribution >= 0.6 is 11.3 Å². The van der Waals surface area contributed by atoms with E-state index in [1.807, 2.05) is 20.8 Å². The van der Waals surface area contributed by atoms with Gasteiger partial charge in [0.1, 0.15) is 18.1 Å². The molecule has 1 aromatic carbocycles. The van der Waals surface area contributed by atoms with E-state index in [1.165, 1.54) is 23.5 Å². The molecule has 1 fully saturated rings. The lowest BCUT2D eigenvalue weighted by Gasteiger charge is -2.18. The fraction of sp³-hybridized carbons (Fsp3) is 0.444. The summed E-state index contributed by atoms with van der Waals surface area (Å²) < 4.78 is 30.6. The highest BCUT2D eigenvalue weighted by Gasteiger charge is 2.39. The van der Waals surface area contributed by atoms with Gasteiger partial charge in [0.05, 0.1) is 23.6 Å². The number of ether oxygens (including phenoxy) is 3. The van der Waals surface area contributed by atoms with E-state index in [0.29, 0.717) is 36.4 Å². The molecular formula is C18H19FN2O3S. The number of aromatic nitrogens is 1. The highest BCUT2D eigenvalue weighted by atomic mass is 32.1. The van der Waals surface area contributed by atoms with Crippen molar-refractivity contribution in [3.05, 3.63) is 40.8 Å². The SMILES string of the molecule is CC1(C)COC(c2nc(C3(C)OCCO3)sc2-c2ccc(F)cc2)=N1. The molecule has 3 heterocycles. The Morgan fingerprint density at radius 3 is 2.36 bits per heavy atom. The van der Waals surface area contributed by atoms with Gasteiger partial charge in [0.2, 0.25) is 11.7 Å². The van der Waals surface area contributed by atoms with Crippen molar-refractivity contribution in [3.63, 3.8) is 0 Å². The van der Waals surface area contributed by atoms with Crippen LogP contribution in [0.4, 0.5) is 4.39 Å². The molecule has 0 spiro atoms. The Kier molecular flexibility index (Phi) is 3.90. The number of benzene rings is 1. The summed E-state index contributed by atoms with van der Waals surface area (Å²) in [5.41, 5.74) is 1.22. The summed E-state index contributed by atoms with van der Waals surface area (Å²) in [5, 5.41) is 0.704. The second kappa shape index (κ2) is 5.86. The number of hydrogen-bond donors (Lipinski definition) is 0. The number of halogens is 1. The molecule has 5 nitrogen and oxygen atoms in total. The lowest BCUT2D eigenvalue weighted by atomic mass is 10.1. The zero-order valence-corrected chi connectivity index (χ0v) is 15.2. The third kappa shape index (κ3) is 3.07. The van der Waals surface area contributed by atoms with Crippen molar-refractivity contribution in [2.45, 2.75) is 32.1 Å². The van der Waals surface area contributed by atoms with Crippen LogP contribution in [0, 0.1) is 5.82 Å². The van der Waals surface area contributed by atoms with Crippen LogP contribution in [0.5, 0.6) is 0 Å². The topological polar surface area (TPSA) is 52.9 Å². The molecule has 2 aromatic rings. The number of rotatable bonds is 3. The minimum absolute atomic E-state index is 0.278. The van der Waals surface area contributed by atoms with Gasteiger partial charge >= 0.3 is 0 Å². The number of hydrogen-bond acceptors (Lipinski definition) is 6. The first-order chi connectivity index (χ1) is 11.9. The largest absolute Gasteiger partial charge is 0.474 e. The molecule has 132 valence electrons. The molecule has 0 radical (unpaired) electrons. The molecule has 0 saturated carbocycles. The van der Waals surface area contributed by atoms with Crippen LogP contribution in [0.25, 0.3) is 10.4 Å². The molecule has 0 aliphatic carbocycles. The zero-order valence-electron chi connectivity index (χ0n) is 14.3. The van der Waals surface area contributed by atoms with Gasteiger partial charge in [-0.2, -0.15) is 0 Å². The van der Waals surface area contributed by atoms with E-state index in [-0.39, 0.29) is 11.4 Å². The predicted molar refractivity (Wildman–Crippen MR) is 93.3 cm³/mol. The van der Waals surface area contributed by atoms with E-state index in [4.69, 9.17) is 19.2 Å². The monoisotopic (exact) mass is 362 g/mol. The van der Waals surface area contributed by atoms with Crippen molar-refractivity contribution >= 4 is 17.2 Å². The molecule has 4 rings (SSSR count). The Balaban J connectivity index is 1.83. The van der Waals surface area contributed by atoms with E-state index < -0.39 is 5.79 Å². The van der Waals surface area contributed by atoms with Gasteiger partial charge in [0.15, 0.2) is 5.01 Å². The number of nitrogens with zero attached hydrogens (tertiary/aromatic N) is 2. The smallest absolute Gasteiger partial charge is 0.237 e. The van der Waals surface area contributed by atoms with Crippen LogP contribution < -0.4 is 0 Å². The standard InChI is InChI=1S/C18H19FN2O3S/c1-17(2)10-22-15(21-17)13-14(11-4-6-12(19)7-5-11)25-16(20-13)18(3)23-8-9-24-18/h4-7H,8-10H2,1-3H3. The minimum atomic E-state index is -0.869. The predicted octanol–water partition coefficient (Wildman–Crippen LogP) is 3.72. The molecule has 1 aromatic heterocycles. The maximum Gasteiger partial charge on any atom is 0.237 e. The van der Waals surface area contributed by atoms with Crippen molar-refractivity contribution in [2.75, 3.05) is 19.8 Å². The molecule has 2 aliphatic heterocycles. The molecule has 25 heavy (non-hydrogen) atoms. The van der Waals surface area contributed by atoms with Gasteiger partial charge in [0.25, 0.3) is 0 Å². The summed E-state index contributed by atoms with van der Waals surface area (Å²) in [5.74, 6) is -0.639. The van der Waals surface area contributed by atoms with Gasteiger partial charge in [-0.05, 0) is 38.5 Å². The maximum atomic E-state index is 13.3. The average Bonchev–Trinajstić information content (AvgIpc) is 3.27. The van der Waals surface area contributed by atoms with Gasteiger partial charge in [-0.15, -0.1) is 11.3 Å². The highest BCUT2D eigenvalue weighted by molar-refractivity contribution is 7.15. The molecule has 1 saturated heterocycles. The van der Waals surface area contributed by atoms with Crippen LogP contribution in [-0.4, -0.2) is 36.2 Å². The van der Waals surface area contributed by atoms with Gasteiger partial charge in [-0.25, -0.2) is 14.4 Å². The molecule has 0 amide bonds. The van der Waals surface area contributed by atoms with Crippen molar-refractivity contribution in [1.29, 1.82) is 0 Å². The van der Waals surface area contributed by atoms with Gasteiger partial charge in [-0.1, -0.05) is 12.1 Å². The maximum absolute atomic E-state index is 13.3. The fourth-order valence-electron chi connectivity index (χ4n) is 2.80. The minimum Gasteiger partial charge on any atom is -0.474 e. The quantitative estimate of drug-likeness (QED) is 0.835. The van der Waals surface area contributed by atoms with Gasteiger partial charge in [-0.3, -0.25) is 0 Å². The van der Waals surface area contributed by atoms with E-state index in [9.17, 15) is 4.39 Å². The first-order valence-corrected chi connectivity index (χ1v) is 8.96. The number of thiazole rings is 1. The lowest BCUT2D eigenvalue weighted by molar-refractivity contribution is -0.149. The Bertz CT molecular complexity index is 823. The van der Waals surface area contributed by atoms with Crippen LogP contribution in [-0.2, 0) is 20.0 Å². The third-order valence-corrected chi connectivity index (χ3v) is 5.42. The highest BCUT2D eigenvalue weighted by Crippen LogP contribution is 2.40. The molecule has 2 aliphatic rings.